The number of unbranched alkanes of at least 4 members (excludes halogenated alkanes) is 3. The average molecular weight is 154 g/mol. The highest BCUT2D eigenvalue weighted by Crippen LogP contribution is 1.97. The third kappa shape index (κ3) is 9.21. The van der Waals surface area contributed by atoms with Gasteiger partial charge in [-0.3, -0.25) is 4.99 Å². The van der Waals surface area contributed by atoms with Gasteiger partial charge in [0.05, 0.1) is 0 Å². The van der Waals surface area contributed by atoms with Crippen LogP contribution in [-0.4, -0.2) is 12.8 Å². The Balaban J connectivity index is 3.01. The highest BCUT2D eigenvalue weighted by atomic mass is 14.7. The van der Waals surface area contributed by atoms with Crippen molar-refractivity contribution in [2.75, 3.05) is 6.54 Å². The van der Waals surface area contributed by atoms with Gasteiger partial charge in [-0.15, -0.1) is 0 Å². The van der Waals surface area contributed by atoms with E-state index in [9.17, 15) is 0 Å². The second kappa shape index (κ2) is 9.21. The molecule has 0 aromatic rings. The van der Waals surface area contributed by atoms with E-state index in [4.69, 9.17) is 5.73 Å². The first-order valence-electron chi connectivity index (χ1n) is 4.28. The number of hydrogen-bond donors (Lipinski definition) is 1. The zero-order valence-corrected chi connectivity index (χ0v) is 7.29. The number of nitrogens with two attached hydrogens (primary N) is 1. The summed E-state index contributed by atoms with van der Waals surface area (Å²) in [6.07, 6.45) is 10.1. The molecule has 0 aliphatic heterocycles. The Hall–Kier alpha value is -0.790. The molecule has 0 atom stereocenters. The van der Waals surface area contributed by atoms with Gasteiger partial charge in [-0.25, -0.2) is 0 Å². The highest BCUT2D eigenvalue weighted by Gasteiger charge is 1.83. The molecular formula is C9H18N2. The first kappa shape index (κ1) is 10.2. The Morgan fingerprint density at radius 3 is 2.73 bits per heavy atom. The van der Waals surface area contributed by atoms with Gasteiger partial charge < -0.3 is 5.73 Å². The molecule has 0 amide bonds. The molecule has 11 heavy (non-hydrogen) atoms. The fourth-order valence-electron chi connectivity index (χ4n) is 0.815. The van der Waals surface area contributed by atoms with Crippen molar-refractivity contribution < 1.29 is 0 Å². The molecule has 2 nitrogen and oxygen atoms in total. The quantitative estimate of drug-likeness (QED) is 0.462. The van der Waals surface area contributed by atoms with E-state index in [-0.39, 0.29) is 0 Å². The monoisotopic (exact) mass is 154 g/mol. The Morgan fingerprint density at radius 2 is 2.09 bits per heavy atom. The van der Waals surface area contributed by atoms with Gasteiger partial charge in [0.25, 0.3) is 0 Å². The van der Waals surface area contributed by atoms with E-state index in [1.54, 1.807) is 12.3 Å². The van der Waals surface area contributed by atoms with Crippen LogP contribution in [0, 0.1) is 0 Å². The Morgan fingerprint density at radius 1 is 1.27 bits per heavy atom. The minimum Gasteiger partial charge on any atom is -0.405 e. The molecule has 0 saturated carbocycles. The largest absolute Gasteiger partial charge is 0.405 e. The molecule has 0 aromatic carbocycles. The van der Waals surface area contributed by atoms with Crippen LogP contribution in [0.15, 0.2) is 17.3 Å². The first-order valence-corrected chi connectivity index (χ1v) is 4.28. The number of nitrogens with zero attached hydrogens (tertiary/aromatic N) is 1. The Labute approximate surface area is 69.2 Å². The fourth-order valence-corrected chi connectivity index (χ4v) is 0.815. The van der Waals surface area contributed by atoms with E-state index < -0.39 is 0 Å². The van der Waals surface area contributed by atoms with Gasteiger partial charge in [-0.05, 0) is 18.7 Å². The lowest BCUT2D eigenvalue weighted by molar-refractivity contribution is 0.676. The van der Waals surface area contributed by atoms with Crippen LogP contribution in [0.1, 0.15) is 32.6 Å². The molecule has 0 fully saturated rings. The number of allylic oxidation sites excluding steroid dienone is 1. The molecule has 2 N–H and O–H groups in total. The summed E-state index contributed by atoms with van der Waals surface area (Å²) < 4.78 is 0. The Bertz CT molecular complexity index is 117. The molecule has 0 aromatic heterocycles. The first-order chi connectivity index (χ1) is 5.41. The summed E-state index contributed by atoms with van der Waals surface area (Å²) in [7, 11) is 0. The van der Waals surface area contributed by atoms with Crippen molar-refractivity contribution in [2.24, 2.45) is 10.7 Å². The molecule has 0 heterocycles. The van der Waals surface area contributed by atoms with Crippen LogP contribution in [0.4, 0.5) is 0 Å². The predicted molar refractivity (Wildman–Crippen MR) is 50.8 cm³/mol. The van der Waals surface area contributed by atoms with Crippen LogP contribution in [0.3, 0.4) is 0 Å². The number of rotatable bonds is 6. The lowest BCUT2D eigenvalue weighted by Gasteiger charge is -1.92. The molecular weight excluding hydrogens is 136 g/mol. The van der Waals surface area contributed by atoms with Crippen LogP contribution in [0.2, 0.25) is 0 Å². The molecule has 0 bridgehead atoms. The molecule has 0 unspecified atom stereocenters. The van der Waals surface area contributed by atoms with Crippen LogP contribution in [0.5, 0.6) is 0 Å². The van der Waals surface area contributed by atoms with Gasteiger partial charge in [-0.1, -0.05) is 26.2 Å². The summed E-state index contributed by atoms with van der Waals surface area (Å²) in [4.78, 5) is 4.14. The highest BCUT2D eigenvalue weighted by molar-refractivity contribution is 5.70. The third-order valence-electron chi connectivity index (χ3n) is 1.44. The van der Waals surface area contributed by atoms with Gasteiger partial charge in [0, 0.05) is 12.8 Å². The van der Waals surface area contributed by atoms with Crippen molar-refractivity contribution in [3.8, 4) is 0 Å². The lowest BCUT2D eigenvalue weighted by atomic mass is 10.2. The SMILES string of the molecule is CCCCCCN=CC=CN. The molecule has 0 saturated heterocycles. The second-order valence-electron chi connectivity index (χ2n) is 2.50. The normalized spacial score (nSPS) is 11.7. The van der Waals surface area contributed by atoms with Crippen LogP contribution >= 0.6 is 0 Å². The van der Waals surface area contributed by atoms with Crippen LogP contribution in [-0.2, 0) is 0 Å². The summed E-state index contributed by atoms with van der Waals surface area (Å²) in [6.45, 7) is 3.14. The summed E-state index contributed by atoms with van der Waals surface area (Å²) in [6, 6.07) is 0. The average Bonchev–Trinajstić information content (AvgIpc) is 2.03. The van der Waals surface area contributed by atoms with Crippen molar-refractivity contribution >= 4 is 6.21 Å². The minimum atomic E-state index is 0.935. The standard InChI is InChI=1S/C9H18N2/c1-2-3-4-5-8-11-9-6-7-10/h6-7,9H,2-5,8,10H2,1H3. The minimum absolute atomic E-state index is 0.935. The molecule has 0 radical (unpaired) electrons. The number of aliphatic imine (C=N–C) groups is 1. The van der Waals surface area contributed by atoms with E-state index in [0.29, 0.717) is 0 Å². The van der Waals surface area contributed by atoms with Crippen molar-refractivity contribution in [1.29, 1.82) is 0 Å². The topological polar surface area (TPSA) is 38.4 Å². The number of hydrogen-bond acceptors (Lipinski definition) is 2. The van der Waals surface area contributed by atoms with Gasteiger partial charge in [0.1, 0.15) is 0 Å². The van der Waals surface area contributed by atoms with Crippen LogP contribution in [0.25, 0.3) is 0 Å². The fraction of sp³-hybridized carbons (Fsp3) is 0.667. The molecule has 0 rings (SSSR count). The summed E-state index contributed by atoms with van der Waals surface area (Å²) >= 11 is 0. The van der Waals surface area contributed by atoms with E-state index >= 15 is 0 Å². The van der Waals surface area contributed by atoms with Gasteiger partial charge in [0.2, 0.25) is 0 Å². The third-order valence-corrected chi connectivity index (χ3v) is 1.44. The van der Waals surface area contributed by atoms with Crippen molar-refractivity contribution in [3.63, 3.8) is 0 Å². The van der Waals surface area contributed by atoms with Crippen molar-refractivity contribution in [1.82, 2.24) is 0 Å². The van der Waals surface area contributed by atoms with E-state index in [1.807, 2.05) is 0 Å². The second-order valence-corrected chi connectivity index (χ2v) is 2.50. The van der Waals surface area contributed by atoms with Crippen LogP contribution < -0.4 is 5.73 Å². The van der Waals surface area contributed by atoms with Gasteiger partial charge in [-0.2, -0.15) is 0 Å². The Kier molecular flexibility index (Phi) is 8.55. The lowest BCUT2D eigenvalue weighted by Crippen LogP contribution is -1.82. The zero-order valence-electron chi connectivity index (χ0n) is 7.29. The molecule has 0 spiro atoms. The van der Waals surface area contributed by atoms with Crippen molar-refractivity contribution in [3.05, 3.63) is 12.3 Å². The van der Waals surface area contributed by atoms with Gasteiger partial charge in [0.15, 0.2) is 0 Å². The molecule has 0 aliphatic rings. The maximum absolute atomic E-state index is 5.12. The summed E-state index contributed by atoms with van der Waals surface area (Å²) in [5.74, 6) is 0. The molecule has 2 heteroatoms. The maximum atomic E-state index is 5.12. The smallest absolute Gasteiger partial charge is 0.0389 e. The summed E-state index contributed by atoms with van der Waals surface area (Å²) in [5.41, 5.74) is 5.12. The van der Waals surface area contributed by atoms with E-state index in [2.05, 4.69) is 11.9 Å². The van der Waals surface area contributed by atoms with E-state index in [1.165, 1.54) is 31.9 Å². The maximum Gasteiger partial charge on any atom is 0.0389 e. The van der Waals surface area contributed by atoms with Gasteiger partial charge >= 0.3 is 0 Å². The summed E-state index contributed by atoms with van der Waals surface area (Å²) in [5, 5.41) is 0. The predicted octanol–water partition coefficient (Wildman–Crippen LogP) is 2.11. The van der Waals surface area contributed by atoms with Crippen molar-refractivity contribution in [2.45, 2.75) is 32.6 Å². The zero-order chi connectivity index (χ0) is 8.36. The van der Waals surface area contributed by atoms with E-state index in [0.717, 1.165) is 6.54 Å². The molecule has 64 valence electrons. The molecule has 0 aliphatic carbocycles.